The molecule has 0 radical (unpaired) electrons. The van der Waals surface area contributed by atoms with Crippen LogP contribution >= 0.6 is 0 Å². The third kappa shape index (κ3) is 3.71. The minimum atomic E-state index is 0. The second kappa shape index (κ2) is 8.57. The normalized spacial score (nSPS) is 26.1. The zero-order valence-corrected chi connectivity index (χ0v) is 21.4. The molecular weight excluding hydrogens is 466 g/mol. The molecule has 8 heteroatoms. The minimum Gasteiger partial charge on any atom is -0.491 e. The van der Waals surface area contributed by atoms with E-state index >= 15 is 0 Å². The summed E-state index contributed by atoms with van der Waals surface area (Å²) in [6.45, 7) is 7.20. The largest absolute Gasteiger partial charge is 0.491 e. The molecule has 3 fully saturated rings. The summed E-state index contributed by atoms with van der Waals surface area (Å²) in [4.78, 5) is 30.9. The predicted molar refractivity (Wildman–Crippen MR) is 143 cm³/mol. The van der Waals surface area contributed by atoms with Crippen LogP contribution in [0.25, 0.3) is 11.0 Å². The van der Waals surface area contributed by atoms with Gasteiger partial charge in [-0.3, -0.25) is 9.59 Å². The lowest BCUT2D eigenvalue weighted by Gasteiger charge is -2.42. The van der Waals surface area contributed by atoms with E-state index in [1.807, 2.05) is 43.0 Å². The van der Waals surface area contributed by atoms with Gasteiger partial charge in [-0.15, -0.1) is 0 Å². The van der Waals surface area contributed by atoms with E-state index in [1.165, 1.54) is 24.0 Å². The van der Waals surface area contributed by atoms with Crippen LogP contribution in [0.4, 0.5) is 0 Å². The van der Waals surface area contributed by atoms with Crippen molar-refractivity contribution in [2.24, 2.45) is 23.7 Å². The van der Waals surface area contributed by atoms with Crippen LogP contribution in [0.15, 0.2) is 30.3 Å². The highest BCUT2D eigenvalue weighted by molar-refractivity contribution is 5.97. The highest BCUT2D eigenvalue weighted by atomic mass is 16.5. The van der Waals surface area contributed by atoms with Gasteiger partial charge in [-0.1, -0.05) is 0 Å². The monoisotopic (exact) mass is 503 g/mol. The summed E-state index contributed by atoms with van der Waals surface area (Å²) in [6, 6.07) is 9.60. The van der Waals surface area contributed by atoms with Crippen LogP contribution in [0.1, 0.15) is 61.4 Å². The lowest BCUT2D eigenvalue weighted by molar-refractivity contribution is 0.0629. The average molecular weight is 504 g/mol. The molecule has 2 aliphatic carbocycles. The van der Waals surface area contributed by atoms with Crippen molar-refractivity contribution in [1.29, 1.82) is 0 Å². The first-order valence-corrected chi connectivity index (χ1v) is 13.7. The summed E-state index contributed by atoms with van der Waals surface area (Å²) in [6.07, 6.45) is 4.49. The van der Waals surface area contributed by atoms with E-state index in [0.29, 0.717) is 34.8 Å². The fourth-order valence-electron chi connectivity index (χ4n) is 7.35. The summed E-state index contributed by atoms with van der Waals surface area (Å²) in [5, 5.41) is 10.8. The molecule has 4 aliphatic rings. The topological polar surface area (TPSA) is 91.4 Å². The first kappa shape index (κ1) is 22.8. The Labute approximate surface area is 219 Å². The van der Waals surface area contributed by atoms with Crippen LogP contribution in [0.3, 0.4) is 0 Å². The molecule has 1 saturated carbocycles. The highest BCUT2D eigenvalue weighted by Gasteiger charge is 2.59. The van der Waals surface area contributed by atoms with Crippen molar-refractivity contribution in [3.8, 4) is 5.75 Å². The van der Waals surface area contributed by atoms with Gasteiger partial charge >= 0.3 is 0 Å². The molecule has 2 aromatic carbocycles. The molecule has 1 aromatic heterocycles. The minimum absolute atomic E-state index is 0. The van der Waals surface area contributed by atoms with Gasteiger partial charge in [-0.25, -0.2) is 0 Å². The van der Waals surface area contributed by atoms with E-state index in [2.05, 4.69) is 26.4 Å². The van der Waals surface area contributed by atoms with Crippen molar-refractivity contribution in [3.63, 3.8) is 0 Å². The van der Waals surface area contributed by atoms with E-state index in [1.54, 1.807) is 0 Å². The number of benzene rings is 2. The number of H-pyrrole nitrogens is 1. The number of hydrogen-bond acceptors (Lipinski definition) is 5. The van der Waals surface area contributed by atoms with Gasteiger partial charge in [0.15, 0.2) is 0 Å². The third-order valence-electron chi connectivity index (χ3n) is 9.10. The van der Waals surface area contributed by atoms with E-state index in [4.69, 9.17) is 4.74 Å². The number of ether oxygens (including phenoxy) is 1. The van der Waals surface area contributed by atoms with Gasteiger partial charge in [0.2, 0.25) is 0 Å². The van der Waals surface area contributed by atoms with Gasteiger partial charge in [-0.2, -0.15) is 15.4 Å². The van der Waals surface area contributed by atoms with E-state index < -0.39 is 0 Å². The third-order valence-corrected chi connectivity index (χ3v) is 9.10. The number of fused-ring (bicyclic) bond motifs is 6. The van der Waals surface area contributed by atoms with E-state index in [9.17, 15) is 9.59 Å². The predicted octanol–water partition coefficient (Wildman–Crippen LogP) is 4.21. The van der Waals surface area contributed by atoms with Crippen molar-refractivity contribution >= 4 is 22.8 Å². The number of likely N-dealkylation sites (tertiary alicyclic amines) is 2. The van der Waals surface area contributed by atoms with Gasteiger partial charge in [0.05, 0.1) is 6.10 Å². The molecule has 2 saturated heterocycles. The fraction of sp³-hybridized carbons (Fsp3) is 0.517. The Morgan fingerprint density at radius 1 is 0.865 bits per heavy atom. The van der Waals surface area contributed by atoms with Crippen molar-refractivity contribution in [2.75, 3.05) is 26.2 Å². The first-order chi connectivity index (χ1) is 18.0. The molecule has 2 aliphatic heterocycles. The van der Waals surface area contributed by atoms with Crippen LogP contribution in [0.2, 0.25) is 0 Å². The number of hydrogen-bond donors (Lipinski definition) is 1. The second-order valence-electron chi connectivity index (χ2n) is 11.6. The number of aryl methyl sites for hydroxylation is 1. The lowest BCUT2D eigenvalue weighted by Crippen LogP contribution is -2.44. The van der Waals surface area contributed by atoms with Crippen LogP contribution in [0, 0.1) is 23.7 Å². The van der Waals surface area contributed by atoms with E-state index in [-0.39, 0.29) is 20.8 Å². The van der Waals surface area contributed by atoms with E-state index in [0.717, 1.165) is 55.9 Å². The molecule has 2 amide bonds. The summed E-state index contributed by atoms with van der Waals surface area (Å²) < 4.78 is 6.15. The highest BCUT2D eigenvalue weighted by Crippen LogP contribution is 2.54. The molecule has 4 atom stereocenters. The molecule has 3 aromatic rings. The van der Waals surface area contributed by atoms with Gasteiger partial charge in [-0.05, 0) is 105 Å². The molecule has 3 heterocycles. The Balaban J connectivity index is 0.00000154. The molecule has 8 nitrogen and oxygen atoms in total. The van der Waals surface area contributed by atoms with Crippen LogP contribution in [-0.2, 0) is 12.8 Å². The molecule has 7 rings (SSSR count). The van der Waals surface area contributed by atoms with Crippen LogP contribution in [0.5, 0.6) is 5.75 Å². The Hall–Kier alpha value is -3.42. The summed E-state index contributed by atoms with van der Waals surface area (Å²) >= 11 is 0. The maximum absolute atomic E-state index is 13.6. The standard InChI is InChI=1S/C29H33N5O3.2H2/c1-16(2)37-27-11-19(9-17-5-3-4-6-20(17)27)29(36)34-14-23-21-12-33(13-22(21)24(23)15-34)28(35)18-7-8-25-26(10-18)31-32-30-25;;/h7-11,16,21-24H,3-6,12-15H2,1-2H3,(H,30,31,32);2*1H/t21-,22+,23?,24?;;. The van der Waals surface area contributed by atoms with Crippen LogP contribution < -0.4 is 4.74 Å². The molecule has 37 heavy (non-hydrogen) atoms. The fourth-order valence-corrected chi connectivity index (χ4v) is 7.35. The molecule has 196 valence electrons. The second-order valence-corrected chi connectivity index (χ2v) is 11.6. The zero-order valence-electron chi connectivity index (χ0n) is 21.4. The van der Waals surface area contributed by atoms with Gasteiger partial charge in [0, 0.05) is 40.2 Å². The van der Waals surface area contributed by atoms with Crippen LogP contribution in [-0.4, -0.2) is 69.3 Å². The molecule has 0 spiro atoms. The number of nitrogens with zero attached hydrogens (tertiary/aromatic N) is 4. The SMILES string of the molecule is CC(C)Oc1cc(C(=O)N2CC3C(C2)[C@@H]2CN(C(=O)c4ccc5n[nH]nc5c4)C[C@H]32)cc2c1CCCC2.[HH].[HH]. The number of aromatic nitrogens is 3. The van der Waals surface area contributed by atoms with Gasteiger partial charge < -0.3 is 14.5 Å². The molecule has 2 unspecified atom stereocenters. The lowest BCUT2D eigenvalue weighted by atomic mass is 9.60. The smallest absolute Gasteiger partial charge is 0.254 e. The maximum Gasteiger partial charge on any atom is 0.254 e. The Morgan fingerprint density at radius 2 is 1.49 bits per heavy atom. The van der Waals surface area contributed by atoms with Crippen molar-refractivity contribution in [2.45, 2.75) is 45.6 Å². The quantitative estimate of drug-likeness (QED) is 0.576. The number of rotatable bonds is 4. The number of carbonyl (C=O) groups is 2. The first-order valence-electron chi connectivity index (χ1n) is 13.7. The average Bonchev–Trinajstić information content (AvgIpc) is 3.61. The van der Waals surface area contributed by atoms with Gasteiger partial charge in [0.25, 0.3) is 11.8 Å². The molecular formula is C29H37N5O3. The zero-order chi connectivity index (χ0) is 25.3. The number of carbonyl (C=O) groups excluding carboxylic acids is 2. The maximum atomic E-state index is 13.6. The van der Waals surface area contributed by atoms with Crippen molar-refractivity contribution < 1.29 is 17.2 Å². The molecule has 0 bridgehead atoms. The Kier molecular flexibility index (Phi) is 5.27. The van der Waals surface area contributed by atoms with Gasteiger partial charge in [0.1, 0.15) is 16.8 Å². The Bertz CT molecular complexity index is 1390. The molecule has 1 N–H and O–H groups in total. The van der Waals surface area contributed by atoms with Crippen molar-refractivity contribution in [1.82, 2.24) is 25.2 Å². The van der Waals surface area contributed by atoms with Crippen molar-refractivity contribution in [3.05, 3.63) is 52.6 Å². The number of amides is 2. The summed E-state index contributed by atoms with van der Waals surface area (Å²) in [5.74, 6) is 3.01. The number of nitrogens with one attached hydrogen (secondary N) is 1. The number of aromatic amines is 1. The summed E-state index contributed by atoms with van der Waals surface area (Å²) in [7, 11) is 0. The Morgan fingerprint density at radius 3 is 2.16 bits per heavy atom. The summed E-state index contributed by atoms with van der Waals surface area (Å²) in [5.41, 5.74) is 5.48.